The zero-order valence-corrected chi connectivity index (χ0v) is 19.7. The van der Waals surface area contributed by atoms with Crippen LogP contribution in [0.3, 0.4) is 0 Å². The van der Waals surface area contributed by atoms with Gasteiger partial charge in [0.25, 0.3) is 11.8 Å². The number of rotatable bonds is 10. The Morgan fingerprint density at radius 2 is 1.53 bits per heavy atom. The molecule has 0 atom stereocenters. The van der Waals surface area contributed by atoms with Crippen LogP contribution in [0.15, 0.2) is 77.3 Å². The third-order valence-corrected chi connectivity index (χ3v) is 5.35. The molecule has 3 aromatic rings. The van der Waals surface area contributed by atoms with E-state index >= 15 is 0 Å². The SMILES string of the molecule is CCCCCCOc1ccc(Br)cc1C(=O)Nc1cccc(NC(=O)c2ccccc2)c1. The molecule has 0 aliphatic carbocycles. The molecule has 0 saturated heterocycles. The van der Waals surface area contributed by atoms with Crippen LogP contribution < -0.4 is 15.4 Å². The molecule has 6 heteroatoms. The lowest BCUT2D eigenvalue weighted by Gasteiger charge is -2.13. The molecule has 0 saturated carbocycles. The number of carbonyl (C=O) groups is 2. The second kappa shape index (κ2) is 12.1. The standard InChI is InChI=1S/C26H27BrN2O3/c1-2-3-4-8-16-32-24-15-14-20(27)17-23(24)26(31)29-22-13-9-12-21(18-22)28-25(30)19-10-6-5-7-11-19/h5-7,9-15,17-18H,2-4,8,16H2,1H3,(H,28,30)(H,29,31). The van der Waals surface area contributed by atoms with E-state index in [4.69, 9.17) is 4.74 Å². The van der Waals surface area contributed by atoms with Gasteiger partial charge in [-0.1, -0.05) is 66.4 Å². The minimum absolute atomic E-state index is 0.208. The van der Waals surface area contributed by atoms with E-state index in [1.807, 2.05) is 24.3 Å². The van der Waals surface area contributed by atoms with Gasteiger partial charge in [-0.2, -0.15) is 0 Å². The highest BCUT2D eigenvalue weighted by molar-refractivity contribution is 9.10. The molecule has 3 rings (SSSR count). The number of anilines is 2. The Morgan fingerprint density at radius 3 is 2.25 bits per heavy atom. The Kier molecular flexibility index (Phi) is 8.87. The fourth-order valence-electron chi connectivity index (χ4n) is 3.18. The third-order valence-electron chi connectivity index (χ3n) is 4.86. The maximum atomic E-state index is 13.0. The molecule has 5 nitrogen and oxygen atoms in total. The van der Waals surface area contributed by atoms with Gasteiger partial charge in [-0.05, 0) is 55.0 Å². The molecule has 2 amide bonds. The quantitative estimate of drug-likeness (QED) is 0.300. The number of unbranched alkanes of at least 4 members (excludes halogenated alkanes) is 3. The van der Waals surface area contributed by atoms with E-state index in [0.29, 0.717) is 34.9 Å². The summed E-state index contributed by atoms with van der Waals surface area (Å²) in [5, 5.41) is 5.75. The summed E-state index contributed by atoms with van der Waals surface area (Å²) < 4.78 is 6.68. The second-order valence-corrected chi connectivity index (χ2v) is 8.32. The fraction of sp³-hybridized carbons (Fsp3) is 0.231. The smallest absolute Gasteiger partial charge is 0.259 e. The topological polar surface area (TPSA) is 67.4 Å². The van der Waals surface area contributed by atoms with Crippen molar-refractivity contribution >= 4 is 39.1 Å². The van der Waals surface area contributed by atoms with Crippen LogP contribution in [-0.2, 0) is 0 Å². The molecular weight excluding hydrogens is 468 g/mol. The van der Waals surface area contributed by atoms with Crippen molar-refractivity contribution in [1.82, 2.24) is 0 Å². The first-order valence-corrected chi connectivity index (χ1v) is 11.6. The Hall–Kier alpha value is -3.12. The minimum Gasteiger partial charge on any atom is -0.493 e. The molecule has 0 aliphatic rings. The fourth-order valence-corrected chi connectivity index (χ4v) is 3.54. The van der Waals surface area contributed by atoms with Crippen molar-refractivity contribution < 1.29 is 14.3 Å². The molecule has 0 unspecified atom stereocenters. The van der Waals surface area contributed by atoms with Crippen LogP contribution in [0.4, 0.5) is 11.4 Å². The van der Waals surface area contributed by atoms with E-state index in [9.17, 15) is 9.59 Å². The lowest BCUT2D eigenvalue weighted by Crippen LogP contribution is -2.15. The van der Waals surface area contributed by atoms with Crippen molar-refractivity contribution in [3.05, 3.63) is 88.4 Å². The van der Waals surface area contributed by atoms with E-state index in [2.05, 4.69) is 33.5 Å². The Bertz CT molecular complexity index is 1050. The number of halogens is 1. The van der Waals surface area contributed by atoms with E-state index in [0.717, 1.165) is 23.7 Å². The van der Waals surface area contributed by atoms with E-state index in [1.165, 1.54) is 6.42 Å². The van der Waals surface area contributed by atoms with Gasteiger partial charge in [0, 0.05) is 21.4 Å². The average Bonchev–Trinajstić information content (AvgIpc) is 2.80. The van der Waals surface area contributed by atoms with Gasteiger partial charge in [0.05, 0.1) is 12.2 Å². The van der Waals surface area contributed by atoms with Crippen LogP contribution in [0.25, 0.3) is 0 Å². The molecule has 0 bridgehead atoms. The molecule has 0 radical (unpaired) electrons. The molecule has 0 heterocycles. The number of carbonyl (C=O) groups excluding carboxylic acids is 2. The predicted molar refractivity (Wildman–Crippen MR) is 133 cm³/mol. The molecular formula is C26H27BrN2O3. The lowest BCUT2D eigenvalue weighted by atomic mass is 10.1. The Balaban J connectivity index is 1.67. The first kappa shape index (κ1) is 23.5. The number of hydrogen-bond acceptors (Lipinski definition) is 3. The summed E-state index contributed by atoms with van der Waals surface area (Å²) in [6.07, 6.45) is 4.40. The zero-order valence-electron chi connectivity index (χ0n) is 18.1. The van der Waals surface area contributed by atoms with Gasteiger partial charge in [-0.15, -0.1) is 0 Å². The summed E-state index contributed by atoms with van der Waals surface area (Å²) in [6.45, 7) is 2.74. The number of benzene rings is 3. The lowest BCUT2D eigenvalue weighted by molar-refractivity contribution is 0.101. The van der Waals surface area contributed by atoms with Crippen LogP contribution in [0.2, 0.25) is 0 Å². The van der Waals surface area contributed by atoms with Gasteiger partial charge < -0.3 is 15.4 Å². The molecule has 3 aromatic carbocycles. The number of ether oxygens (including phenoxy) is 1. The van der Waals surface area contributed by atoms with Gasteiger partial charge in [0.2, 0.25) is 0 Å². The van der Waals surface area contributed by atoms with Gasteiger partial charge in [-0.3, -0.25) is 9.59 Å². The van der Waals surface area contributed by atoms with Crippen LogP contribution in [0, 0.1) is 0 Å². The summed E-state index contributed by atoms with van der Waals surface area (Å²) in [5.41, 5.74) is 2.19. The highest BCUT2D eigenvalue weighted by Gasteiger charge is 2.14. The molecule has 32 heavy (non-hydrogen) atoms. The van der Waals surface area contributed by atoms with Crippen LogP contribution in [0.1, 0.15) is 53.3 Å². The van der Waals surface area contributed by atoms with E-state index in [1.54, 1.807) is 48.5 Å². The average molecular weight is 495 g/mol. The summed E-state index contributed by atoms with van der Waals surface area (Å²) in [5.74, 6) is 0.0666. The molecule has 166 valence electrons. The first-order chi connectivity index (χ1) is 15.6. The number of amides is 2. The van der Waals surface area contributed by atoms with Crippen molar-refractivity contribution in [3.63, 3.8) is 0 Å². The largest absolute Gasteiger partial charge is 0.493 e. The predicted octanol–water partition coefficient (Wildman–Crippen LogP) is 6.91. The summed E-state index contributed by atoms with van der Waals surface area (Å²) >= 11 is 3.43. The summed E-state index contributed by atoms with van der Waals surface area (Å²) in [6, 6.07) is 21.4. The third kappa shape index (κ3) is 6.95. The Morgan fingerprint density at radius 1 is 0.812 bits per heavy atom. The summed E-state index contributed by atoms with van der Waals surface area (Å²) in [7, 11) is 0. The molecule has 0 fully saturated rings. The second-order valence-electron chi connectivity index (χ2n) is 7.40. The molecule has 0 spiro atoms. The molecule has 0 aliphatic heterocycles. The molecule has 2 N–H and O–H groups in total. The van der Waals surface area contributed by atoms with Crippen LogP contribution >= 0.6 is 15.9 Å². The van der Waals surface area contributed by atoms with Crippen molar-refractivity contribution in [3.8, 4) is 5.75 Å². The van der Waals surface area contributed by atoms with Gasteiger partial charge in [-0.25, -0.2) is 0 Å². The maximum Gasteiger partial charge on any atom is 0.259 e. The maximum absolute atomic E-state index is 13.0. The number of nitrogens with one attached hydrogen (secondary N) is 2. The van der Waals surface area contributed by atoms with Crippen molar-refractivity contribution in [2.24, 2.45) is 0 Å². The van der Waals surface area contributed by atoms with Gasteiger partial charge >= 0.3 is 0 Å². The monoisotopic (exact) mass is 494 g/mol. The highest BCUT2D eigenvalue weighted by atomic mass is 79.9. The normalized spacial score (nSPS) is 10.4. The zero-order chi connectivity index (χ0) is 22.8. The van der Waals surface area contributed by atoms with Gasteiger partial charge in [0.15, 0.2) is 0 Å². The first-order valence-electron chi connectivity index (χ1n) is 10.8. The van der Waals surface area contributed by atoms with Crippen molar-refractivity contribution in [2.75, 3.05) is 17.2 Å². The Labute approximate surface area is 197 Å². The van der Waals surface area contributed by atoms with E-state index in [-0.39, 0.29) is 11.8 Å². The molecule has 0 aromatic heterocycles. The number of hydrogen-bond donors (Lipinski definition) is 2. The van der Waals surface area contributed by atoms with Crippen molar-refractivity contribution in [1.29, 1.82) is 0 Å². The highest BCUT2D eigenvalue weighted by Crippen LogP contribution is 2.25. The van der Waals surface area contributed by atoms with E-state index < -0.39 is 0 Å². The van der Waals surface area contributed by atoms with Crippen LogP contribution in [0.5, 0.6) is 5.75 Å². The van der Waals surface area contributed by atoms with Crippen LogP contribution in [-0.4, -0.2) is 18.4 Å². The van der Waals surface area contributed by atoms with Gasteiger partial charge in [0.1, 0.15) is 5.75 Å². The summed E-state index contributed by atoms with van der Waals surface area (Å²) in [4.78, 5) is 25.4. The minimum atomic E-state index is -0.276. The van der Waals surface area contributed by atoms with Crippen molar-refractivity contribution in [2.45, 2.75) is 32.6 Å².